The lowest BCUT2D eigenvalue weighted by Gasteiger charge is -2.39. The summed E-state index contributed by atoms with van der Waals surface area (Å²) in [7, 11) is 0. The summed E-state index contributed by atoms with van der Waals surface area (Å²) in [4.78, 5) is 6.93. The molecule has 3 nitrogen and oxygen atoms in total. The Morgan fingerprint density at radius 3 is 2.88 bits per heavy atom. The third-order valence-corrected chi connectivity index (χ3v) is 4.68. The molecule has 0 aromatic heterocycles. The van der Waals surface area contributed by atoms with Gasteiger partial charge in [0.2, 0.25) is 0 Å². The van der Waals surface area contributed by atoms with Crippen molar-refractivity contribution in [3.63, 3.8) is 0 Å². The standard InChI is InChI=1S/C14H27N3/c1-3-10-17-13(15)16-11-14(17)8-5-6-12(4-2)7-9-14/h12H,3-11H2,1-2H3,(H2,15,16). The maximum atomic E-state index is 6.06. The first-order valence-electron chi connectivity index (χ1n) is 7.29. The fourth-order valence-corrected chi connectivity index (χ4v) is 3.52. The van der Waals surface area contributed by atoms with Crippen molar-refractivity contribution in [1.29, 1.82) is 0 Å². The van der Waals surface area contributed by atoms with E-state index in [0.29, 0.717) is 0 Å². The Kier molecular flexibility index (Phi) is 3.95. The van der Waals surface area contributed by atoms with E-state index < -0.39 is 0 Å². The normalized spacial score (nSPS) is 33.9. The van der Waals surface area contributed by atoms with Crippen molar-refractivity contribution < 1.29 is 0 Å². The lowest BCUT2D eigenvalue weighted by atomic mass is 9.88. The van der Waals surface area contributed by atoms with Gasteiger partial charge in [-0.3, -0.25) is 4.99 Å². The minimum absolute atomic E-state index is 0.282. The van der Waals surface area contributed by atoms with Crippen molar-refractivity contribution in [3.05, 3.63) is 0 Å². The van der Waals surface area contributed by atoms with E-state index in [0.717, 1.165) is 31.4 Å². The Morgan fingerprint density at radius 1 is 1.35 bits per heavy atom. The molecular formula is C14H27N3. The molecule has 2 aliphatic rings. The number of rotatable bonds is 3. The van der Waals surface area contributed by atoms with Crippen LogP contribution in [0, 0.1) is 5.92 Å². The van der Waals surface area contributed by atoms with Gasteiger partial charge in [0.25, 0.3) is 0 Å². The van der Waals surface area contributed by atoms with Crippen molar-refractivity contribution in [2.24, 2.45) is 16.6 Å². The van der Waals surface area contributed by atoms with Crippen LogP contribution in [0.4, 0.5) is 0 Å². The van der Waals surface area contributed by atoms with Gasteiger partial charge in [0.05, 0.1) is 12.1 Å². The zero-order valence-electron chi connectivity index (χ0n) is 11.4. The molecule has 98 valence electrons. The number of nitrogens with zero attached hydrogens (tertiary/aromatic N) is 2. The fraction of sp³-hybridized carbons (Fsp3) is 0.929. The van der Waals surface area contributed by atoms with Crippen molar-refractivity contribution in [3.8, 4) is 0 Å². The van der Waals surface area contributed by atoms with E-state index in [4.69, 9.17) is 5.73 Å². The molecule has 1 heterocycles. The van der Waals surface area contributed by atoms with Gasteiger partial charge in [0.1, 0.15) is 0 Å². The second-order valence-electron chi connectivity index (χ2n) is 5.76. The Bertz CT molecular complexity index is 287. The van der Waals surface area contributed by atoms with Crippen LogP contribution in [-0.2, 0) is 0 Å². The van der Waals surface area contributed by atoms with Crippen molar-refractivity contribution in [1.82, 2.24) is 4.90 Å². The lowest BCUT2D eigenvalue weighted by Crippen LogP contribution is -2.51. The van der Waals surface area contributed by atoms with Crippen LogP contribution in [0.1, 0.15) is 58.8 Å². The average Bonchev–Trinajstić information content (AvgIpc) is 2.54. The van der Waals surface area contributed by atoms with Crippen molar-refractivity contribution >= 4 is 5.96 Å². The zero-order chi connectivity index (χ0) is 12.3. The third-order valence-electron chi connectivity index (χ3n) is 4.68. The highest BCUT2D eigenvalue weighted by atomic mass is 15.4. The molecule has 0 saturated heterocycles. The first-order valence-corrected chi connectivity index (χ1v) is 7.29. The third kappa shape index (κ3) is 2.43. The number of hydrogen-bond donors (Lipinski definition) is 1. The second kappa shape index (κ2) is 5.28. The van der Waals surface area contributed by atoms with Gasteiger partial charge < -0.3 is 10.6 Å². The average molecular weight is 237 g/mol. The maximum absolute atomic E-state index is 6.06. The Balaban J connectivity index is 2.08. The highest BCUT2D eigenvalue weighted by molar-refractivity contribution is 5.81. The van der Waals surface area contributed by atoms with Gasteiger partial charge in [0.15, 0.2) is 5.96 Å². The first kappa shape index (κ1) is 12.7. The summed E-state index contributed by atoms with van der Waals surface area (Å²) < 4.78 is 0. The summed E-state index contributed by atoms with van der Waals surface area (Å²) in [5.41, 5.74) is 6.35. The molecule has 0 amide bonds. The van der Waals surface area contributed by atoms with E-state index in [2.05, 4.69) is 23.7 Å². The van der Waals surface area contributed by atoms with E-state index >= 15 is 0 Å². The monoisotopic (exact) mass is 237 g/mol. The van der Waals surface area contributed by atoms with E-state index in [9.17, 15) is 0 Å². The van der Waals surface area contributed by atoms with Crippen LogP contribution in [-0.4, -0.2) is 29.5 Å². The van der Waals surface area contributed by atoms with Crippen LogP contribution in [0.3, 0.4) is 0 Å². The van der Waals surface area contributed by atoms with E-state index in [1.54, 1.807) is 0 Å². The van der Waals surface area contributed by atoms with Gasteiger partial charge in [-0.15, -0.1) is 0 Å². The first-order chi connectivity index (χ1) is 8.22. The van der Waals surface area contributed by atoms with Crippen molar-refractivity contribution in [2.45, 2.75) is 64.3 Å². The molecule has 2 atom stereocenters. The van der Waals surface area contributed by atoms with Crippen LogP contribution >= 0.6 is 0 Å². The molecule has 2 unspecified atom stereocenters. The highest BCUT2D eigenvalue weighted by Gasteiger charge is 2.42. The van der Waals surface area contributed by atoms with Gasteiger partial charge in [-0.1, -0.05) is 33.1 Å². The van der Waals surface area contributed by atoms with Gasteiger partial charge in [-0.05, 0) is 31.6 Å². The summed E-state index contributed by atoms with van der Waals surface area (Å²) in [5.74, 6) is 1.72. The summed E-state index contributed by atoms with van der Waals surface area (Å²) in [6, 6.07) is 0. The number of guanidine groups is 1. The van der Waals surface area contributed by atoms with Gasteiger partial charge in [0, 0.05) is 6.54 Å². The Labute approximate surface area is 105 Å². The fourth-order valence-electron chi connectivity index (χ4n) is 3.52. The highest BCUT2D eigenvalue weighted by Crippen LogP contribution is 2.38. The molecule has 0 aromatic rings. The van der Waals surface area contributed by atoms with Crippen LogP contribution in [0.2, 0.25) is 0 Å². The van der Waals surface area contributed by atoms with Crippen LogP contribution in [0.15, 0.2) is 4.99 Å². The molecule has 0 bridgehead atoms. The van der Waals surface area contributed by atoms with Gasteiger partial charge in [-0.2, -0.15) is 0 Å². The zero-order valence-corrected chi connectivity index (χ0v) is 11.4. The minimum atomic E-state index is 0.282. The molecule has 1 fully saturated rings. The molecule has 2 rings (SSSR count). The van der Waals surface area contributed by atoms with Crippen LogP contribution in [0.5, 0.6) is 0 Å². The van der Waals surface area contributed by atoms with E-state index in [-0.39, 0.29) is 5.54 Å². The quantitative estimate of drug-likeness (QED) is 0.820. The number of aliphatic imine (C=N–C) groups is 1. The number of hydrogen-bond acceptors (Lipinski definition) is 3. The number of nitrogens with two attached hydrogens (primary N) is 1. The predicted molar refractivity (Wildman–Crippen MR) is 73.1 cm³/mol. The van der Waals surface area contributed by atoms with Crippen LogP contribution in [0.25, 0.3) is 0 Å². The summed E-state index contributed by atoms with van der Waals surface area (Å²) >= 11 is 0. The van der Waals surface area contributed by atoms with E-state index in [1.807, 2.05) is 0 Å². The molecular weight excluding hydrogens is 210 g/mol. The minimum Gasteiger partial charge on any atom is -0.370 e. The van der Waals surface area contributed by atoms with Gasteiger partial charge >= 0.3 is 0 Å². The molecule has 3 heteroatoms. The van der Waals surface area contributed by atoms with Crippen LogP contribution < -0.4 is 5.73 Å². The predicted octanol–water partition coefficient (Wildman–Crippen LogP) is 2.76. The smallest absolute Gasteiger partial charge is 0.191 e. The molecule has 1 aliphatic carbocycles. The molecule has 1 spiro atoms. The Hall–Kier alpha value is -0.730. The van der Waals surface area contributed by atoms with Gasteiger partial charge in [-0.25, -0.2) is 0 Å². The largest absolute Gasteiger partial charge is 0.370 e. The molecule has 1 saturated carbocycles. The summed E-state index contributed by atoms with van der Waals surface area (Å²) in [6.45, 7) is 6.57. The lowest BCUT2D eigenvalue weighted by molar-refractivity contribution is 0.173. The maximum Gasteiger partial charge on any atom is 0.191 e. The molecule has 1 aliphatic heterocycles. The van der Waals surface area contributed by atoms with E-state index in [1.165, 1.54) is 38.5 Å². The molecule has 0 radical (unpaired) electrons. The summed E-state index contributed by atoms with van der Waals surface area (Å²) in [5, 5.41) is 0. The molecule has 0 aromatic carbocycles. The summed E-state index contributed by atoms with van der Waals surface area (Å²) in [6.07, 6.45) is 9.18. The SMILES string of the molecule is CCCN1C(N)=NCC12CCCC(CC)CC2. The van der Waals surface area contributed by atoms with Crippen molar-refractivity contribution in [2.75, 3.05) is 13.1 Å². The second-order valence-corrected chi connectivity index (χ2v) is 5.76. The topological polar surface area (TPSA) is 41.6 Å². The Morgan fingerprint density at radius 2 is 2.18 bits per heavy atom. The molecule has 17 heavy (non-hydrogen) atoms. The molecule has 2 N–H and O–H groups in total.